The number of aromatic nitrogens is 2. The summed E-state index contributed by atoms with van der Waals surface area (Å²) in [5.74, 6) is 0.747. The van der Waals surface area contributed by atoms with Crippen LogP contribution in [-0.2, 0) is 22.7 Å². The van der Waals surface area contributed by atoms with Gasteiger partial charge in [-0.2, -0.15) is 0 Å². The van der Waals surface area contributed by atoms with E-state index < -0.39 is 0 Å². The lowest BCUT2D eigenvalue weighted by molar-refractivity contribution is -0.146. The molecule has 2 heterocycles. The van der Waals surface area contributed by atoms with Gasteiger partial charge >= 0.3 is 5.97 Å². The molecule has 2 aromatic carbocycles. The number of imidazole rings is 1. The van der Waals surface area contributed by atoms with E-state index in [0.29, 0.717) is 13.2 Å². The molecule has 0 bridgehead atoms. The fourth-order valence-electron chi connectivity index (χ4n) is 3.73. The minimum absolute atomic E-state index is 0.159. The number of hydrogen-bond donors (Lipinski definition) is 1. The molecule has 0 spiro atoms. The van der Waals surface area contributed by atoms with Gasteiger partial charge in [-0.25, -0.2) is 4.98 Å². The van der Waals surface area contributed by atoms with Crippen molar-refractivity contribution in [2.24, 2.45) is 0 Å². The number of carbonyl (C=O) groups is 1. The van der Waals surface area contributed by atoms with E-state index in [1.165, 1.54) is 0 Å². The number of rotatable bonds is 7. The topological polar surface area (TPSA) is 61.5 Å². The van der Waals surface area contributed by atoms with Gasteiger partial charge in [0.25, 0.3) is 0 Å². The summed E-state index contributed by atoms with van der Waals surface area (Å²) < 4.78 is 5.43. The fourth-order valence-corrected chi connectivity index (χ4v) is 3.73. The van der Waals surface area contributed by atoms with Gasteiger partial charge in [0.1, 0.15) is 12.4 Å². The van der Waals surface area contributed by atoms with Gasteiger partial charge in [-0.15, -0.1) is 0 Å². The second kappa shape index (κ2) is 10.2. The van der Waals surface area contributed by atoms with Crippen LogP contribution >= 0.6 is 0 Å². The highest BCUT2D eigenvalue weighted by molar-refractivity contribution is 5.71. The number of H-pyrrole nitrogens is 1. The Morgan fingerprint density at radius 3 is 2.43 bits per heavy atom. The third-order valence-corrected chi connectivity index (χ3v) is 5.35. The molecule has 6 nitrogen and oxygen atoms in total. The highest BCUT2D eigenvalue weighted by atomic mass is 16.5. The van der Waals surface area contributed by atoms with Crippen LogP contribution in [0.2, 0.25) is 0 Å². The summed E-state index contributed by atoms with van der Waals surface area (Å²) >= 11 is 0. The maximum absolute atomic E-state index is 12.2. The monoisotopic (exact) mass is 404 g/mol. The quantitative estimate of drug-likeness (QED) is 0.612. The van der Waals surface area contributed by atoms with E-state index in [-0.39, 0.29) is 5.97 Å². The Bertz CT molecular complexity index is 927. The molecule has 0 atom stereocenters. The highest BCUT2D eigenvalue weighted by Gasteiger charge is 2.18. The first-order chi connectivity index (χ1) is 14.8. The van der Waals surface area contributed by atoms with Crippen LogP contribution in [-0.4, -0.2) is 58.5 Å². The molecule has 1 aromatic heterocycles. The normalized spacial score (nSPS) is 15.6. The molecule has 6 heteroatoms. The van der Waals surface area contributed by atoms with Crippen LogP contribution in [0.25, 0.3) is 11.4 Å². The van der Waals surface area contributed by atoms with Crippen molar-refractivity contribution in [3.05, 3.63) is 78.1 Å². The minimum Gasteiger partial charge on any atom is -0.460 e. The maximum atomic E-state index is 12.2. The number of esters is 1. The number of carbonyl (C=O) groups excluding carboxylic acids is 1. The average Bonchev–Trinajstić information content (AvgIpc) is 3.14. The van der Waals surface area contributed by atoms with Crippen molar-refractivity contribution in [3.8, 4) is 11.4 Å². The first-order valence-electron chi connectivity index (χ1n) is 10.5. The lowest BCUT2D eigenvalue weighted by Crippen LogP contribution is -2.34. The van der Waals surface area contributed by atoms with E-state index in [0.717, 1.165) is 61.8 Å². The predicted octanol–water partition coefficient (Wildman–Crippen LogP) is 3.33. The zero-order valence-electron chi connectivity index (χ0n) is 17.2. The molecule has 0 aliphatic carbocycles. The van der Waals surface area contributed by atoms with Crippen molar-refractivity contribution in [2.75, 3.05) is 32.7 Å². The first-order valence-corrected chi connectivity index (χ1v) is 10.5. The first kappa shape index (κ1) is 20.3. The third-order valence-electron chi connectivity index (χ3n) is 5.35. The van der Waals surface area contributed by atoms with Crippen LogP contribution < -0.4 is 0 Å². The van der Waals surface area contributed by atoms with E-state index in [1.54, 1.807) is 0 Å². The van der Waals surface area contributed by atoms with E-state index >= 15 is 0 Å². The number of nitrogens with one attached hydrogen (secondary N) is 1. The zero-order valence-corrected chi connectivity index (χ0v) is 17.2. The molecule has 0 unspecified atom stereocenters. The lowest BCUT2D eigenvalue weighted by Gasteiger charge is -2.20. The van der Waals surface area contributed by atoms with Gasteiger partial charge in [0.2, 0.25) is 0 Å². The van der Waals surface area contributed by atoms with E-state index in [9.17, 15) is 4.79 Å². The molecule has 4 rings (SSSR count). The molecule has 0 amide bonds. The minimum atomic E-state index is -0.159. The Morgan fingerprint density at radius 1 is 0.933 bits per heavy atom. The molecule has 1 fully saturated rings. The number of nitrogens with zero attached hydrogens (tertiary/aromatic N) is 3. The molecule has 1 aliphatic rings. The molecule has 0 saturated carbocycles. The zero-order chi connectivity index (χ0) is 20.6. The van der Waals surface area contributed by atoms with E-state index in [1.807, 2.05) is 54.7 Å². The average molecular weight is 405 g/mol. The van der Waals surface area contributed by atoms with Gasteiger partial charge in [-0.3, -0.25) is 14.6 Å². The van der Waals surface area contributed by atoms with Gasteiger partial charge in [0.15, 0.2) is 0 Å². The fraction of sp³-hybridized carbons (Fsp3) is 0.333. The van der Waals surface area contributed by atoms with E-state index in [2.05, 4.69) is 31.9 Å². The summed E-state index contributed by atoms with van der Waals surface area (Å²) in [7, 11) is 0. The molecule has 1 saturated heterocycles. The predicted molar refractivity (Wildman–Crippen MR) is 117 cm³/mol. The van der Waals surface area contributed by atoms with E-state index in [4.69, 9.17) is 4.74 Å². The summed E-state index contributed by atoms with van der Waals surface area (Å²) in [6.45, 7) is 5.23. The van der Waals surface area contributed by atoms with Crippen LogP contribution in [0.5, 0.6) is 0 Å². The summed E-state index contributed by atoms with van der Waals surface area (Å²) in [6, 6.07) is 20.0. The van der Waals surface area contributed by atoms with Gasteiger partial charge in [-0.05, 0) is 18.5 Å². The number of ether oxygens (including phenoxy) is 1. The van der Waals surface area contributed by atoms with Crippen LogP contribution in [0.3, 0.4) is 0 Å². The van der Waals surface area contributed by atoms with Crippen LogP contribution in [0.1, 0.15) is 17.7 Å². The third kappa shape index (κ3) is 5.78. The highest BCUT2D eigenvalue weighted by Crippen LogP contribution is 2.16. The summed E-state index contributed by atoms with van der Waals surface area (Å²) in [5.41, 5.74) is 3.23. The van der Waals surface area contributed by atoms with Crippen molar-refractivity contribution in [1.29, 1.82) is 0 Å². The van der Waals surface area contributed by atoms with Gasteiger partial charge in [-0.1, -0.05) is 60.7 Å². The van der Waals surface area contributed by atoms with Crippen LogP contribution in [0, 0.1) is 0 Å². The lowest BCUT2D eigenvalue weighted by atomic mass is 10.2. The summed E-state index contributed by atoms with van der Waals surface area (Å²) in [4.78, 5) is 24.8. The smallest absolute Gasteiger partial charge is 0.320 e. The van der Waals surface area contributed by atoms with Crippen molar-refractivity contribution in [1.82, 2.24) is 19.8 Å². The number of benzene rings is 2. The second-order valence-corrected chi connectivity index (χ2v) is 7.68. The molecule has 1 aliphatic heterocycles. The molecule has 156 valence electrons. The number of hydrogen-bond acceptors (Lipinski definition) is 5. The van der Waals surface area contributed by atoms with Crippen LogP contribution in [0.4, 0.5) is 0 Å². The summed E-state index contributed by atoms with van der Waals surface area (Å²) in [5, 5.41) is 0. The van der Waals surface area contributed by atoms with Gasteiger partial charge in [0, 0.05) is 43.6 Å². The summed E-state index contributed by atoms with van der Waals surface area (Å²) in [6.07, 6.45) is 2.96. The molecule has 1 N–H and O–H groups in total. The van der Waals surface area contributed by atoms with Gasteiger partial charge in [0.05, 0.1) is 6.54 Å². The second-order valence-electron chi connectivity index (χ2n) is 7.68. The van der Waals surface area contributed by atoms with Crippen molar-refractivity contribution in [2.45, 2.75) is 19.6 Å². The molecule has 3 aromatic rings. The van der Waals surface area contributed by atoms with Crippen molar-refractivity contribution in [3.63, 3.8) is 0 Å². The Kier molecular flexibility index (Phi) is 6.90. The largest absolute Gasteiger partial charge is 0.460 e. The standard InChI is InChI=1S/C24H28N4O2/c29-23(30-19-20-8-3-1-4-9-20)18-28-13-7-12-27(14-15-28)17-22-16-25-24(26-22)21-10-5-2-6-11-21/h1-6,8-11,16H,7,12-15,17-19H2,(H,25,26). The SMILES string of the molecule is O=C(CN1CCCN(Cc2cnc(-c3ccccc3)[nH]2)CC1)OCc1ccccc1. The Labute approximate surface area is 177 Å². The van der Waals surface area contributed by atoms with Gasteiger partial charge < -0.3 is 9.72 Å². The van der Waals surface area contributed by atoms with Crippen molar-refractivity contribution < 1.29 is 9.53 Å². The molecular weight excluding hydrogens is 376 g/mol. The Hall–Kier alpha value is -2.96. The molecular formula is C24H28N4O2. The molecule has 0 radical (unpaired) electrons. The van der Waals surface area contributed by atoms with Crippen molar-refractivity contribution >= 4 is 5.97 Å². The Balaban J connectivity index is 1.23. The van der Waals surface area contributed by atoms with Crippen LogP contribution in [0.15, 0.2) is 66.9 Å². The molecule has 30 heavy (non-hydrogen) atoms. The number of aromatic amines is 1. The maximum Gasteiger partial charge on any atom is 0.320 e. The Morgan fingerprint density at radius 2 is 1.63 bits per heavy atom.